The molecular weight excluding hydrogens is 286 g/mol. The van der Waals surface area contributed by atoms with Gasteiger partial charge in [-0.1, -0.05) is 11.6 Å². The van der Waals surface area contributed by atoms with E-state index >= 15 is 0 Å². The molecule has 15 heavy (non-hydrogen) atoms. The number of nitrogens with one attached hydrogen (secondary N) is 1. The molecule has 0 atom stereocenters. The number of carbonyl (C=O) groups excluding carboxylic acids is 1. The highest BCUT2D eigenvalue weighted by Crippen LogP contribution is 2.35. The van der Waals surface area contributed by atoms with Gasteiger partial charge in [-0.25, -0.2) is 9.18 Å². The number of anilines is 1. The molecule has 0 radical (unpaired) electrons. The number of halogens is 3. The van der Waals surface area contributed by atoms with Gasteiger partial charge in [-0.3, -0.25) is 4.90 Å². The molecule has 1 aromatic carbocycles. The summed E-state index contributed by atoms with van der Waals surface area (Å²) in [6.45, 7) is 1.10. The summed E-state index contributed by atoms with van der Waals surface area (Å²) in [5.41, 5.74) is 0.507. The van der Waals surface area contributed by atoms with Crippen molar-refractivity contribution < 1.29 is 9.18 Å². The summed E-state index contributed by atoms with van der Waals surface area (Å²) in [5, 5.41) is 2.87. The Morgan fingerprint density at radius 1 is 1.53 bits per heavy atom. The number of amides is 2. The SMILES string of the molecule is O=C1NCCN1c1c(Cl)cc(F)cc1Br. The van der Waals surface area contributed by atoms with Crippen LogP contribution in [0.25, 0.3) is 0 Å². The molecule has 0 spiro atoms. The lowest BCUT2D eigenvalue weighted by Gasteiger charge is -2.17. The molecule has 6 heteroatoms. The highest BCUT2D eigenvalue weighted by molar-refractivity contribution is 9.10. The van der Waals surface area contributed by atoms with Gasteiger partial charge in [-0.05, 0) is 28.1 Å². The molecule has 1 saturated heterocycles. The van der Waals surface area contributed by atoms with Crippen molar-refractivity contribution in [3.05, 3.63) is 27.4 Å². The zero-order valence-electron chi connectivity index (χ0n) is 7.56. The topological polar surface area (TPSA) is 32.3 Å². The first-order valence-electron chi connectivity index (χ1n) is 4.29. The minimum Gasteiger partial charge on any atom is -0.336 e. The van der Waals surface area contributed by atoms with E-state index < -0.39 is 5.82 Å². The second-order valence-electron chi connectivity index (χ2n) is 3.10. The quantitative estimate of drug-likeness (QED) is 0.848. The van der Waals surface area contributed by atoms with Gasteiger partial charge in [-0.15, -0.1) is 0 Å². The van der Waals surface area contributed by atoms with Gasteiger partial charge in [0, 0.05) is 17.6 Å². The fourth-order valence-electron chi connectivity index (χ4n) is 1.48. The third-order valence-electron chi connectivity index (χ3n) is 2.11. The lowest BCUT2D eigenvalue weighted by Crippen LogP contribution is -2.28. The predicted molar refractivity (Wildman–Crippen MR) is 59.9 cm³/mol. The Bertz CT molecular complexity index is 404. The molecule has 1 N–H and O–H groups in total. The van der Waals surface area contributed by atoms with Crippen LogP contribution >= 0.6 is 27.5 Å². The fourth-order valence-corrected chi connectivity index (χ4v) is 2.55. The van der Waals surface area contributed by atoms with Gasteiger partial charge in [0.15, 0.2) is 0 Å². The lowest BCUT2D eigenvalue weighted by atomic mass is 10.3. The first-order valence-corrected chi connectivity index (χ1v) is 5.46. The fraction of sp³-hybridized carbons (Fsp3) is 0.222. The monoisotopic (exact) mass is 292 g/mol. The zero-order valence-corrected chi connectivity index (χ0v) is 9.90. The Kier molecular flexibility index (Phi) is 2.84. The number of hydrogen-bond donors (Lipinski definition) is 1. The van der Waals surface area contributed by atoms with Crippen LogP contribution in [0.1, 0.15) is 0 Å². The number of hydrogen-bond acceptors (Lipinski definition) is 1. The third kappa shape index (κ3) is 1.94. The summed E-state index contributed by atoms with van der Waals surface area (Å²) in [6.07, 6.45) is 0. The number of carbonyl (C=O) groups is 1. The maximum absolute atomic E-state index is 13.0. The minimum absolute atomic E-state index is 0.218. The third-order valence-corrected chi connectivity index (χ3v) is 3.00. The number of benzene rings is 1. The van der Waals surface area contributed by atoms with Gasteiger partial charge in [0.2, 0.25) is 0 Å². The Morgan fingerprint density at radius 2 is 2.27 bits per heavy atom. The van der Waals surface area contributed by atoms with E-state index in [9.17, 15) is 9.18 Å². The van der Waals surface area contributed by atoms with Gasteiger partial charge < -0.3 is 5.32 Å². The number of urea groups is 1. The van der Waals surface area contributed by atoms with Crippen molar-refractivity contribution in [2.75, 3.05) is 18.0 Å². The van der Waals surface area contributed by atoms with Crippen LogP contribution in [0, 0.1) is 5.82 Å². The van der Waals surface area contributed by atoms with Crippen molar-refractivity contribution in [1.29, 1.82) is 0 Å². The summed E-state index contributed by atoms with van der Waals surface area (Å²) in [6, 6.07) is 2.25. The van der Waals surface area contributed by atoms with E-state index in [1.165, 1.54) is 17.0 Å². The second kappa shape index (κ2) is 3.98. The van der Waals surface area contributed by atoms with Crippen LogP contribution in [0.4, 0.5) is 14.9 Å². The van der Waals surface area contributed by atoms with E-state index in [0.29, 0.717) is 23.2 Å². The molecule has 2 rings (SSSR count). The number of nitrogens with zero attached hydrogens (tertiary/aromatic N) is 1. The van der Waals surface area contributed by atoms with E-state index in [4.69, 9.17) is 11.6 Å². The first kappa shape index (κ1) is 10.7. The Hall–Kier alpha value is -0.810. The molecule has 1 aliphatic heterocycles. The van der Waals surface area contributed by atoms with Crippen LogP contribution in [0.5, 0.6) is 0 Å². The highest BCUT2D eigenvalue weighted by Gasteiger charge is 2.25. The van der Waals surface area contributed by atoms with E-state index in [0.717, 1.165) is 0 Å². The van der Waals surface area contributed by atoms with Crippen LogP contribution in [-0.4, -0.2) is 19.1 Å². The molecule has 0 aliphatic carbocycles. The van der Waals surface area contributed by atoms with Gasteiger partial charge in [0.25, 0.3) is 0 Å². The van der Waals surface area contributed by atoms with Gasteiger partial charge in [-0.2, -0.15) is 0 Å². The molecular formula is C9H7BrClFN2O. The van der Waals surface area contributed by atoms with E-state index in [2.05, 4.69) is 21.2 Å². The largest absolute Gasteiger partial charge is 0.336 e. The van der Waals surface area contributed by atoms with Crippen molar-refractivity contribution in [2.45, 2.75) is 0 Å². The molecule has 0 saturated carbocycles. The standard InChI is InChI=1S/C9H7BrClFN2O/c10-6-3-5(12)4-7(11)8(6)14-2-1-13-9(14)15/h3-4H,1-2H2,(H,13,15). The molecule has 1 aliphatic rings. The molecule has 1 heterocycles. The van der Waals surface area contributed by atoms with Crippen molar-refractivity contribution >= 4 is 39.2 Å². The Morgan fingerprint density at radius 3 is 2.80 bits per heavy atom. The smallest absolute Gasteiger partial charge is 0.322 e. The summed E-state index contributed by atoms with van der Waals surface area (Å²) in [5.74, 6) is -0.435. The minimum atomic E-state index is -0.435. The van der Waals surface area contributed by atoms with Crippen LogP contribution in [0.3, 0.4) is 0 Å². The predicted octanol–water partition coefficient (Wildman–Crippen LogP) is 2.77. The van der Waals surface area contributed by atoms with E-state index in [-0.39, 0.29) is 11.1 Å². The normalized spacial score (nSPS) is 15.7. The van der Waals surface area contributed by atoms with Gasteiger partial charge in [0.05, 0.1) is 10.7 Å². The first-order chi connectivity index (χ1) is 7.09. The highest BCUT2D eigenvalue weighted by atomic mass is 79.9. The van der Waals surface area contributed by atoms with Crippen LogP contribution in [0.15, 0.2) is 16.6 Å². The molecule has 0 bridgehead atoms. The molecule has 80 valence electrons. The van der Waals surface area contributed by atoms with E-state index in [1.54, 1.807) is 0 Å². The Labute approximate surface area is 99.3 Å². The molecule has 1 fully saturated rings. The Balaban J connectivity index is 2.47. The number of rotatable bonds is 1. The van der Waals surface area contributed by atoms with Crippen molar-refractivity contribution in [3.63, 3.8) is 0 Å². The molecule has 1 aromatic rings. The average Bonchev–Trinajstić information content (AvgIpc) is 2.50. The molecule has 3 nitrogen and oxygen atoms in total. The maximum Gasteiger partial charge on any atom is 0.322 e. The van der Waals surface area contributed by atoms with Crippen molar-refractivity contribution in [2.24, 2.45) is 0 Å². The summed E-state index contributed by atoms with van der Waals surface area (Å²) in [7, 11) is 0. The summed E-state index contributed by atoms with van der Waals surface area (Å²) in [4.78, 5) is 12.9. The summed E-state index contributed by atoms with van der Waals surface area (Å²) >= 11 is 9.08. The average molecular weight is 294 g/mol. The zero-order chi connectivity index (χ0) is 11.0. The van der Waals surface area contributed by atoms with Crippen molar-refractivity contribution in [3.8, 4) is 0 Å². The van der Waals surface area contributed by atoms with Crippen LogP contribution in [0.2, 0.25) is 5.02 Å². The van der Waals surface area contributed by atoms with Gasteiger partial charge >= 0.3 is 6.03 Å². The maximum atomic E-state index is 13.0. The van der Waals surface area contributed by atoms with E-state index in [1.807, 2.05) is 0 Å². The molecule has 2 amide bonds. The van der Waals surface area contributed by atoms with Crippen LogP contribution < -0.4 is 10.2 Å². The lowest BCUT2D eigenvalue weighted by molar-refractivity contribution is 0.252. The van der Waals surface area contributed by atoms with Gasteiger partial charge in [0.1, 0.15) is 5.82 Å². The van der Waals surface area contributed by atoms with Crippen molar-refractivity contribution in [1.82, 2.24) is 5.32 Å². The molecule has 0 unspecified atom stereocenters. The molecule has 0 aromatic heterocycles. The van der Waals surface area contributed by atoms with Crippen LogP contribution in [-0.2, 0) is 0 Å². The summed E-state index contributed by atoms with van der Waals surface area (Å²) < 4.78 is 13.4. The second-order valence-corrected chi connectivity index (χ2v) is 4.36.